The summed E-state index contributed by atoms with van der Waals surface area (Å²) in [6.07, 6.45) is -4.95. The van der Waals surface area contributed by atoms with Gasteiger partial charge >= 0.3 is 23.9 Å². The first-order chi connectivity index (χ1) is 6.47. The molecule has 0 saturated carbocycles. The topological polar surface area (TPSA) is 18.5 Å². The van der Waals surface area contributed by atoms with E-state index in [-0.39, 0.29) is 6.92 Å². The predicted octanol–water partition coefficient (Wildman–Crippen LogP) is 2.54. The van der Waals surface area contributed by atoms with Crippen molar-refractivity contribution in [3.63, 3.8) is 0 Å². The molecule has 2 nitrogen and oxygen atoms in total. The molecule has 1 rings (SSSR count). The first kappa shape index (κ1) is 12.5. The van der Waals surface area contributed by atoms with Crippen LogP contribution in [0.1, 0.15) is 6.92 Å². The van der Waals surface area contributed by atoms with Gasteiger partial charge in [0, 0.05) is 6.92 Å². The van der Waals surface area contributed by atoms with Gasteiger partial charge in [-0.25, -0.2) is 27.0 Å². The lowest BCUT2D eigenvalue weighted by Crippen LogP contribution is -2.57. The van der Waals surface area contributed by atoms with Crippen molar-refractivity contribution in [2.75, 3.05) is 6.67 Å². The third-order valence-electron chi connectivity index (χ3n) is 1.76. The number of alkyl halides is 7. The summed E-state index contributed by atoms with van der Waals surface area (Å²) in [4.78, 5) is 0. The highest BCUT2D eigenvalue weighted by molar-refractivity contribution is 4.99. The van der Waals surface area contributed by atoms with E-state index in [4.69, 9.17) is 0 Å². The predicted molar refractivity (Wildman–Crippen MR) is 31.4 cm³/mol. The van der Waals surface area contributed by atoms with Gasteiger partial charge in [0.05, 0.1) is 0 Å². The van der Waals surface area contributed by atoms with Crippen molar-refractivity contribution in [2.45, 2.75) is 30.9 Å². The highest BCUT2D eigenvalue weighted by Crippen LogP contribution is 2.54. The van der Waals surface area contributed by atoms with Gasteiger partial charge in [0.2, 0.25) is 0 Å². The summed E-state index contributed by atoms with van der Waals surface area (Å²) >= 11 is 0. The maximum absolute atomic E-state index is 13.2. The van der Waals surface area contributed by atoms with Crippen molar-refractivity contribution in [1.82, 2.24) is 0 Å². The van der Waals surface area contributed by atoms with Gasteiger partial charge in [-0.05, 0) is 0 Å². The van der Waals surface area contributed by atoms with E-state index in [1.807, 2.05) is 0 Å². The van der Waals surface area contributed by atoms with Crippen LogP contribution < -0.4 is 0 Å². The quantitative estimate of drug-likeness (QED) is 0.693. The van der Waals surface area contributed by atoms with Crippen molar-refractivity contribution < 1.29 is 40.2 Å². The molecule has 0 spiro atoms. The van der Waals surface area contributed by atoms with Crippen LogP contribution in [-0.2, 0) is 9.47 Å². The van der Waals surface area contributed by atoms with Gasteiger partial charge in [0.25, 0.3) is 0 Å². The van der Waals surface area contributed by atoms with Crippen LogP contribution in [0, 0.1) is 0 Å². The van der Waals surface area contributed by atoms with Crippen LogP contribution >= 0.6 is 0 Å². The van der Waals surface area contributed by atoms with E-state index in [2.05, 4.69) is 9.47 Å². The number of ether oxygens (including phenoxy) is 2. The molecule has 9 heteroatoms. The first-order valence-electron chi connectivity index (χ1n) is 3.57. The van der Waals surface area contributed by atoms with Crippen LogP contribution in [-0.4, -0.2) is 30.6 Å². The zero-order valence-corrected chi connectivity index (χ0v) is 7.17. The lowest BCUT2D eigenvalue weighted by atomic mass is 10.0. The Morgan fingerprint density at radius 3 is 1.80 bits per heavy atom. The fourth-order valence-electron chi connectivity index (χ4n) is 1.05. The van der Waals surface area contributed by atoms with Gasteiger partial charge in [0.15, 0.2) is 6.67 Å². The average Bonchev–Trinajstić information content (AvgIpc) is 2.18. The molecule has 1 aliphatic rings. The summed E-state index contributed by atoms with van der Waals surface area (Å²) in [6.45, 7) is -2.77. The van der Waals surface area contributed by atoms with Crippen molar-refractivity contribution in [3.05, 3.63) is 0 Å². The zero-order valence-electron chi connectivity index (χ0n) is 7.17. The van der Waals surface area contributed by atoms with Crippen molar-refractivity contribution >= 4 is 0 Å². The van der Waals surface area contributed by atoms with Crippen LogP contribution in [0.2, 0.25) is 0 Å². The highest BCUT2D eigenvalue weighted by atomic mass is 19.3. The Balaban J connectivity index is 3.18. The van der Waals surface area contributed by atoms with Crippen molar-refractivity contribution in [1.29, 1.82) is 0 Å². The number of rotatable bonds is 2. The van der Waals surface area contributed by atoms with Crippen LogP contribution in [0.25, 0.3) is 0 Å². The molecule has 0 bridgehead atoms. The molecule has 1 aliphatic heterocycles. The van der Waals surface area contributed by atoms with Crippen molar-refractivity contribution in [3.8, 4) is 0 Å². The normalized spacial score (nSPS) is 40.8. The van der Waals surface area contributed by atoms with E-state index >= 15 is 0 Å². The maximum atomic E-state index is 13.2. The highest BCUT2D eigenvalue weighted by Gasteiger charge is 2.80. The van der Waals surface area contributed by atoms with E-state index in [1.54, 1.807) is 0 Å². The van der Waals surface area contributed by atoms with Crippen LogP contribution in [0.3, 0.4) is 0 Å². The minimum Gasteiger partial charge on any atom is -0.249 e. The number of hydrogen-bond donors (Lipinski definition) is 0. The summed E-state index contributed by atoms with van der Waals surface area (Å²) in [5.41, 5.74) is 0. The summed E-state index contributed by atoms with van der Waals surface area (Å²) in [5.74, 6) is -14.1. The molecule has 0 radical (unpaired) electrons. The molecule has 15 heavy (non-hydrogen) atoms. The molecule has 0 N–H and O–H groups in total. The van der Waals surface area contributed by atoms with Crippen molar-refractivity contribution in [2.24, 2.45) is 0 Å². The summed E-state index contributed by atoms with van der Waals surface area (Å²) in [5, 5.41) is 0. The molecule has 0 aliphatic carbocycles. The fraction of sp³-hybridized carbons (Fsp3) is 1.00. The Labute approximate surface area is 78.9 Å². The maximum Gasteiger partial charge on any atom is 0.491 e. The summed E-state index contributed by atoms with van der Waals surface area (Å²) in [7, 11) is 0. The summed E-state index contributed by atoms with van der Waals surface area (Å²) < 4.78 is 93.3. The second kappa shape index (κ2) is 2.97. The Morgan fingerprint density at radius 2 is 1.53 bits per heavy atom. The third kappa shape index (κ3) is 1.67. The first-order valence-corrected chi connectivity index (χ1v) is 3.57. The minimum absolute atomic E-state index is 0.234. The van der Waals surface area contributed by atoms with Gasteiger partial charge < -0.3 is 0 Å². The van der Waals surface area contributed by atoms with Gasteiger partial charge in [0.1, 0.15) is 0 Å². The van der Waals surface area contributed by atoms with Crippen LogP contribution in [0.4, 0.5) is 30.7 Å². The molecule has 2 unspecified atom stereocenters. The molecule has 0 aromatic rings. The zero-order chi connectivity index (χ0) is 12.1. The average molecular weight is 242 g/mol. The molecular formula is C6H5F7O2. The van der Waals surface area contributed by atoms with E-state index < -0.39 is 30.6 Å². The van der Waals surface area contributed by atoms with E-state index in [9.17, 15) is 30.7 Å². The fourth-order valence-corrected chi connectivity index (χ4v) is 1.05. The standard InChI is InChI=1S/C6H5F7O2/c1-3(8,9)5(11)4(10,2-7)14-6(12,13)15-5/h2H2,1H3. The van der Waals surface area contributed by atoms with Gasteiger partial charge in [-0.1, -0.05) is 0 Å². The summed E-state index contributed by atoms with van der Waals surface area (Å²) in [6, 6.07) is 0. The number of halogens is 7. The molecule has 0 amide bonds. The lowest BCUT2D eigenvalue weighted by molar-refractivity contribution is -0.389. The molecular weight excluding hydrogens is 237 g/mol. The Kier molecular flexibility index (Phi) is 2.48. The molecule has 0 aromatic heterocycles. The molecule has 1 heterocycles. The number of hydrogen-bond acceptors (Lipinski definition) is 2. The monoisotopic (exact) mass is 242 g/mol. The smallest absolute Gasteiger partial charge is 0.249 e. The van der Waals surface area contributed by atoms with E-state index in [0.29, 0.717) is 0 Å². The molecule has 1 fully saturated rings. The van der Waals surface area contributed by atoms with E-state index in [1.165, 1.54) is 0 Å². The molecule has 1 saturated heterocycles. The minimum atomic E-state index is -4.95. The van der Waals surface area contributed by atoms with Gasteiger partial charge in [-0.2, -0.15) is 4.39 Å². The second-order valence-corrected chi connectivity index (χ2v) is 3.01. The lowest BCUT2D eigenvalue weighted by Gasteiger charge is -2.30. The third-order valence-corrected chi connectivity index (χ3v) is 1.76. The van der Waals surface area contributed by atoms with Gasteiger partial charge in [-0.3, -0.25) is 0 Å². The van der Waals surface area contributed by atoms with Crippen LogP contribution in [0.5, 0.6) is 0 Å². The Bertz CT molecular complexity index is 265. The Hall–Kier alpha value is -0.570. The molecule has 90 valence electrons. The SMILES string of the molecule is CC(F)(F)C1(F)OC(F)(F)OC1(F)CF. The Morgan fingerprint density at radius 1 is 1.07 bits per heavy atom. The largest absolute Gasteiger partial charge is 0.491 e. The van der Waals surface area contributed by atoms with E-state index in [0.717, 1.165) is 0 Å². The van der Waals surface area contributed by atoms with Gasteiger partial charge in [-0.15, -0.1) is 8.78 Å². The van der Waals surface area contributed by atoms with Crippen LogP contribution in [0.15, 0.2) is 0 Å². The molecule has 2 atom stereocenters. The second-order valence-electron chi connectivity index (χ2n) is 3.01. The molecule has 0 aromatic carbocycles.